The molecule has 226 valence electrons. The van der Waals surface area contributed by atoms with E-state index in [4.69, 9.17) is 52.6 Å². The average molecular weight is 626 g/mol. The highest BCUT2D eigenvalue weighted by atomic mass is 35.5. The number of carbonyl (C=O) groups excluding carboxylic acids is 1. The molecule has 4 rings (SSSR count). The van der Waals surface area contributed by atoms with E-state index >= 15 is 0 Å². The van der Waals surface area contributed by atoms with E-state index in [1.165, 1.54) is 12.1 Å². The number of benzene rings is 3. The summed E-state index contributed by atoms with van der Waals surface area (Å²) >= 11 is 12.7. The molecule has 1 aliphatic rings. The third kappa shape index (κ3) is 7.48. The van der Waals surface area contributed by atoms with Crippen molar-refractivity contribution < 1.29 is 28.5 Å². The van der Waals surface area contributed by atoms with Crippen LogP contribution in [0.1, 0.15) is 73.4 Å². The molecular formula is C33H34Cl2N2O6. The van der Waals surface area contributed by atoms with Gasteiger partial charge in [0, 0.05) is 11.6 Å². The van der Waals surface area contributed by atoms with Crippen LogP contribution in [-0.4, -0.2) is 26.3 Å². The molecule has 0 fully saturated rings. The minimum absolute atomic E-state index is 0.0421. The zero-order chi connectivity index (χ0) is 30.9. The van der Waals surface area contributed by atoms with Gasteiger partial charge in [0.15, 0.2) is 17.2 Å². The number of carbonyl (C=O) groups is 1. The molecule has 1 heterocycles. The van der Waals surface area contributed by atoms with E-state index in [0.29, 0.717) is 41.8 Å². The molecule has 1 atom stereocenters. The summed E-state index contributed by atoms with van der Waals surface area (Å²) in [5, 5.41) is 10.4. The monoisotopic (exact) mass is 624 g/mol. The molecule has 43 heavy (non-hydrogen) atoms. The number of nitriles is 1. The Morgan fingerprint density at radius 3 is 2.35 bits per heavy atom. The van der Waals surface area contributed by atoms with Gasteiger partial charge < -0.3 is 29.4 Å². The Hall–Kier alpha value is -4.06. The molecule has 3 aromatic rings. The van der Waals surface area contributed by atoms with Crippen molar-refractivity contribution in [1.29, 1.82) is 5.26 Å². The van der Waals surface area contributed by atoms with Crippen molar-refractivity contribution in [3.05, 3.63) is 86.7 Å². The SMILES string of the molecule is CCCCCOc1ccc(C2C(C#N)=C(N)Oc3cc(OC(=O)c4cc(Cl)c(OCCCC)c(Cl)c4)ccc32)cc1OC. The fourth-order valence-electron chi connectivity index (χ4n) is 4.66. The van der Waals surface area contributed by atoms with Gasteiger partial charge in [0.05, 0.1) is 41.9 Å². The lowest BCUT2D eigenvalue weighted by atomic mass is 9.83. The number of esters is 1. The topological polar surface area (TPSA) is 113 Å². The maximum absolute atomic E-state index is 13.0. The van der Waals surface area contributed by atoms with Crippen LogP contribution in [0.25, 0.3) is 0 Å². The quantitative estimate of drug-likeness (QED) is 0.115. The predicted octanol–water partition coefficient (Wildman–Crippen LogP) is 8.19. The van der Waals surface area contributed by atoms with Crippen molar-refractivity contribution in [3.8, 4) is 34.8 Å². The van der Waals surface area contributed by atoms with Crippen LogP contribution in [0.4, 0.5) is 0 Å². The Bertz CT molecular complexity index is 1530. The molecule has 0 saturated heterocycles. The molecule has 0 amide bonds. The fourth-order valence-corrected chi connectivity index (χ4v) is 5.26. The van der Waals surface area contributed by atoms with Gasteiger partial charge in [-0.1, -0.05) is 68.4 Å². The number of nitrogens with two attached hydrogens (primary N) is 1. The Kier molecular flexibility index (Phi) is 11.0. The molecule has 8 nitrogen and oxygen atoms in total. The van der Waals surface area contributed by atoms with Crippen LogP contribution in [0, 0.1) is 11.3 Å². The van der Waals surface area contributed by atoms with Crippen molar-refractivity contribution in [2.24, 2.45) is 5.73 Å². The minimum atomic E-state index is -0.670. The Morgan fingerprint density at radius 1 is 0.953 bits per heavy atom. The van der Waals surface area contributed by atoms with Gasteiger partial charge in [-0.3, -0.25) is 0 Å². The van der Waals surface area contributed by atoms with E-state index in [1.807, 2.05) is 25.1 Å². The second-order valence-corrected chi connectivity index (χ2v) is 10.8. The number of ether oxygens (including phenoxy) is 5. The van der Waals surface area contributed by atoms with Crippen molar-refractivity contribution in [3.63, 3.8) is 0 Å². The first-order chi connectivity index (χ1) is 20.8. The summed E-state index contributed by atoms with van der Waals surface area (Å²) in [5.74, 6) is 0.789. The van der Waals surface area contributed by atoms with Gasteiger partial charge in [0.2, 0.25) is 5.88 Å². The highest BCUT2D eigenvalue weighted by molar-refractivity contribution is 6.37. The molecule has 0 radical (unpaired) electrons. The van der Waals surface area contributed by atoms with Crippen LogP contribution in [-0.2, 0) is 0 Å². The fraction of sp³-hybridized carbons (Fsp3) is 0.333. The highest BCUT2D eigenvalue weighted by Gasteiger charge is 2.32. The predicted molar refractivity (Wildman–Crippen MR) is 166 cm³/mol. The number of hydrogen-bond donors (Lipinski definition) is 1. The molecule has 0 spiro atoms. The number of nitrogens with zero attached hydrogens (tertiary/aromatic N) is 1. The summed E-state index contributed by atoms with van der Waals surface area (Å²) in [6, 6.07) is 15.5. The standard InChI is InChI=1S/C33H34Cl2N2O6/c1-4-6-8-14-40-27-12-9-20(17-29(27)39-3)30-23-11-10-22(18-28(23)43-32(37)24(30)19-36)42-33(38)21-15-25(34)31(26(35)16-21)41-13-7-5-2/h9-12,15-18,30H,4-8,13-14,37H2,1-3H3. The zero-order valence-electron chi connectivity index (χ0n) is 24.4. The van der Waals surface area contributed by atoms with Gasteiger partial charge in [-0.2, -0.15) is 5.26 Å². The normalized spacial score (nSPS) is 13.9. The van der Waals surface area contributed by atoms with Gasteiger partial charge in [-0.05, 0) is 48.7 Å². The Morgan fingerprint density at radius 2 is 1.67 bits per heavy atom. The number of methoxy groups -OCH3 is 1. The first-order valence-electron chi connectivity index (χ1n) is 14.2. The van der Waals surface area contributed by atoms with E-state index in [0.717, 1.165) is 37.7 Å². The summed E-state index contributed by atoms with van der Waals surface area (Å²) in [7, 11) is 1.57. The lowest BCUT2D eigenvalue weighted by Gasteiger charge is -2.27. The van der Waals surface area contributed by atoms with Gasteiger partial charge in [-0.25, -0.2) is 4.79 Å². The molecule has 0 aromatic heterocycles. The summed E-state index contributed by atoms with van der Waals surface area (Å²) in [6.45, 7) is 5.22. The number of hydrogen-bond acceptors (Lipinski definition) is 8. The third-order valence-electron chi connectivity index (χ3n) is 6.91. The van der Waals surface area contributed by atoms with Crippen LogP contribution in [0.15, 0.2) is 60.0 Å². The minimum Gasteiger partial charge on any atom is -0.493 e. The Balaban J connectivity index is 1.59. The molecular weight excluding hydrogens is 591 g/mol. The maximum atomic E-state index is 13.0. The van der Waals surface area contributed by atoms with Crippen LogP contribution in [0.3, 0.4) is 0 Å². The lowest BCUT2D eigenvalue weighted by Crippen LogP contribution is -2.21. The van der Waals surface area contributed by atoms with E-state index in [-0.39, 0.29) is 32.8 Å². The number of fused-ring (bicyclic) bond motifs is 1. The molecule has 0 bridgehead atoms. The van der Waals surface area contributed by atoms with Gasteiger partial charge in [-0.15, -0.1) is 0 Å². The van der Waals surface area contributed by atoms with E-state index in [2.05, 4.69) is 13.0 Å². The average Bonchev–Trinajstić information content (AvgIpc) is 2.99. The first-order valence-corrected chi connectivity index (χ1v) is 14.9. The van der Waals surface area contributed by atoms with Crippen LogP contribution in [0.2, 0.25) is 10.0 Å². The van der Waals surface area contributed by atoms with Crippen molar-refractivity contribution in [1.82, 2.24) is 0 Å². The molecule has 1 aliphatic heterocycles. The molecule has 2 N–H and O–H groups in total. The van der Waals surface area contributed by atoms with E-state index in [9.17, 15) is 10.1 Å². The second kappa shape index (κ2) is 14.9. The lowest BCUT2D eigenvalue weighted by molar-refractivity contribution is 0.0734. The summed E-state index contributed by atoms with van der Waals surface area (Å²) in [6.07, 6.45) is 4.92. The maximum Gasteiger partial charge on any atom is 0.343 e. The summed E-state index contributed by atoms with van der Waals surface area (Å²) < 4.78 is 28.6. The van der Waals surface area contributed by atoms with Gasteiger partial charge >= 0.3 is 5.97 Å². The van der Waals surface area contributed by atoms with Crippen LogP contribution < -0.4 is 29.4 Å². The second-order valence-electron chi connectivity index (χ2n) is 9.95. The van der Waals surface area contributed by atoms with Crippen molar-refractivity contribution in [2.75, 3.05) is 20.3 Å². The number of unbranched alkanes of at least 4 members (excludes halogenated alkanes) is 3. The number of allylic oxidation sites excluding steroid dienone is 1. The van der Waals surface area contributed by atoms with Gasteiger partial charge in [0.25, 0.3) is 0 Å². The highest BCUT2D eigenvalue weighted by Crippen LogP contribution is 2.45. The number of rotatable bonds is 13. The molecule has 3 aromatic carbocycles. The summed E-state index contributed by atoms with van der Waals surface area (Å²) in [4.78, 5) is 13.0. The molecule has 0 saturated carbocycles. The molecule has 10 heteroatoms. The molecule has 0 aliphatic carbocycles. The largest absolute Gasteiger partial charge is 0.493 e. The molecule has 1 unspecified atom stereocenters. The smallest absolute Gasteiger partial charge is 0.343 e. The van der Waals surface area contributed by atoms with Crippen molar-refractivity contribution in [2.45, 2.75) is 51.9 Å². The van der Waals surface area contributed by atoms with Crippen LogP contribution in [0.5, 0.6) is 28.7 Å². The van der Waals surface area contributed by atoms with E-state index in [1.54, 1.807) is 25.3 Å². The third-order valence-corrected chi connectivity index (χ3v) is 7.47. The van der Waals surface area contributed by atoms with Crippen LogP contribution >= 0.6 is 23.2 Å². The number of halogens is 2. The van der Waals surface area contributed by atoms with E-state index < -0.39 is 11.9 Å². The zero-order valence-corrected chi connectivity index (χ0v) is 25.9. The Labute approximate surface area is 261 Å². The van der Waals surface area contributed by atoms with Crippen molar-refractivity contribution >= 4 is 29.2 Å². The summed E-state index contributed by atoms with van der Waals surface area (Å²) in [5.41, 5.74) is 8.03. The first kappa shape index (κ1) is 31.9. The van der Waals surface area contributed by atoms with Gasteiger partial charge in [0.1, 0.15) is 23.1 Å².